The van der Waals surface area contributed by atoms with Crippen molar-refractivity contribution in [2.24, 2.45) is 5.92 Å². The SMILES string of the molecule is CC.CC.CC1C=C(F)C(F)=CC1c1ncccc1-c1ccc2ncnc(N)c2c1.Cc1cc(-c2cccnc2-c2ccc(F)c(-c3cc(-c4cccnc4-c4ccc(F)c(Cl)c4)cc4c(N)ncnc34)c2)cc2c(N)ncnc12. The summed E-state index contributed by atoms with van der Waals surface area (Å²) in [6, 6.07) is 33.8. The van der Waals surface area contributed by atoms with Crippen molar-refractivity contribution in [2.45, 2.75) is 47.5 Å². The molecule has 11 aromatic rings. The van der Waals surface area contributed by atoms with E-state index in [-0.39, 0.29) is 28.2 Å². The molecule has 400 valence electrons. The molecule has 0 saturated carbocycles. The van der Waals surface area contributed by atoms with Crippen LogP contribution in [0.4, 0.5) is 35.0 Å². The molecule has 17 heteroatoms. The highest BCUT2D eigenvalue weighted by molar-refractivity contribution is 6.31. The van der Waals surface area contributed by atoms with Crippen molar-refractivity contribution in [2.75, 3.05) is 17.2 Å². The van der Waals surface area contributed by atoms with Crippen LogP contribution in [0.2, 0.25) is 5.02 Å². The summed E-state index contributed by atoms with van der Waals surface area (Å²) in [6.45, 7) is 11.8. The van der Waals surface area contributed by atoms with Crippen LogP contribution in [-0.2, 0) is 0 Å². The summed E-state index contributed by atoms with van der Waals surface area (Å²) in [5.41, 5.74) is 30.2. The molecule has 80 heavy (non-hydrogen) atoms. The standard InChI is InChI=1S/C39H25ClF2N8.C20H16F2N4.2C2H6/c1-20-12-23(15-29-34(20)47-18-49-38(29)43)25-4-2-10-45-35(25)21-6-8-32(41)27(13-21)28-14-24(16-30-37(28)48-19-50-39(30)44)26-5-3-11-46-36(26)22-7-9-33(42)31(40)17-22;1-11-7-16(21)17(22)9-14(11)19-13(3-2-6-24-19)12-4-5-18-15(8-12)20(23)26-10-25-18;2*1-2/h2-19H,1H3,(H2,43,47,49)(H2,44,48,50);2-11,14H,1H3,(H2,23,25,26);2*1-2H3. The predicted octanol–water partition coefficient (Wildman–Crippen LogP) is 15.9. The minimum Gasteiger partial charge on any atom is -0.383 e. The fourth-order valence-electron chi connectivity index (χ4n) is 9.63. The smallest absolute Gasteiger partial charge is 0.155 e. The minimum atomic E-state index is -0.846. The Hall–Kier alpha value is -9.54. The summed E-state index contributed by atoms with van der Waals surface area (Å²) in [5.74, 6) is -2.24. The summed E-state index contributed by atoms with van der Waals surface area (Å²) >= 11 is 6.15. The zero-order valence-electron chi connectivity index (χ0n) is 44.4. The highest BCUT2D eigenvalue weighted by atomic mass is 35.5. The van der Waals surface area contributed by atoms with Gasteiger partial charge < -0.3 is 17.2 Å². The minimum absolute atomic E-state index is 0.0284. The molecule has 6 heterocycles. The van der Waals surface area contributed by atoms with Crippen molar-refractivity contribution in [1.82, 2.24) is 44.9 Å². The highest BCUT2D eigenvalue weighted by Crippen LogP contribution is 2.43. The molecule has 12 nitrogen and oxygen atoms in total. The van der Waals surface area contributed by atoms with Crippen LogP contribution >= 0.6 is 11.6 Å². The zero-order chi connectivity index (χ0) is 56.8. The zero-order valence-corrected chi connectivity index (χ0v) is 45.1. The second-order valence-corrected chi connectivity index (χ2v) is 18.5. The summed E-state index contributed by atoms with van der Waals surface area (Å²) < 4.78 is 57.5. The van der Waals surface area contributed by atoms with Crippen LogP contribution in [-0.4, -0.2) is 44.9 Å². The number of nitrogen functional groups attached to an aromatic ring is 3. The van der Waals surface area contributed by atoms with E-state index >= 15 is 4.39 Å². The number of pyridine rings is 3. The molecule has 0 bridgehead atoms. The Balaban J connectivity index is 0.000000217. The van der Waals surface area contributed by atoms with Gasteiger partial charge in [0, 0.05) is 79.6 Å². The lowest BCUT2D eigenvalue weighted by atomic mass is 9.83. The van der Waals surface area contributed by atoms with Gasteiger partial charge in [-0.1, -0.05) is 70.5 Å². The Morgan fingerprint density at radius 3 is 1.59 bits per heavy atom. The number of halogens is 5. The predicted molar refractivity (Wildman–Crippen MR) is 314 cm³/mol. The second-order valence-electron chi connectivity index (χ2n) is 18.1. The fourth-order valence-corrected chi connectivity index (χ4v) is 9.81. The molecular weight excluding hydrogens is 1040 g/mol. The maximum absolute atomic E-state index is 16.1. The number of aryl methyl sites for hydroxylation is 1. The molecule has 0 radical (unpaired) electrons. The third-order valence-electron chi connectivity index (χ3n) is 13.4. The lowest BCUT2D eigenvalue weighted by Crippen LogP contribution is -2.13. The quantitative estimate of drug-likeness (QED) is 0.128. The largest absolute Gasteiger partial charge is 0.383 e. The van der Waals surface area contributed by atoms with Crippen LogP contribution in [0.25, 0.3) is 99.7 Å². The highest BCUT2D eigenvalue weighted by Gasteiger charge is 2.27. The van der Waals surface area contributed by atoms with Gasteiger partial charge in [-0.05, 0) is 138 Å². The van der Waals surface area contributed by atoms with Gasteiger partial charge >= 0.3 is 0 Å². The van der Waals surface area contributed by atoms with E-state index in [0.717, 1.165) is 49.6 Å². The lowest BCUT2D eigenvalue weighted by molar-refractivity contribution is 0.488. The van der Waals surface area contributed by atoms with Crippen molar-refractivity contribution in [3.63, 3.8) is 0 Å². The van der Waals surface area contributed by atoms with Crippen molar-refractivity contribution < 1.29 is 17.6 Å². The van der Waals surface area contributed by atoms with Crippen LogP contribution < -0.4 is 17.2 Å². The first-order chi connectivity index (χ1) is 38.8. The van der Waals surface area contributed by atoms with Crippen molar-refractivity contribution in [3.05, 3.63) is 205 Å². The van der Waals surface area contributed by atoms with E-state index in [4.69, 9.17) is 33.8 Å². The van der Waals surface area contributed by atoms with Gasteiger partial charge in [0.05, 0.1) is 38.7 Å². The molecular formula is C63H53ClF4N12. The molecule has 12 rings (SSSR count). The van der Waals surface area contributed by atoms with Gasteiger partial charge in [0.1, 0.15) is 48.1 Å². The van der Waals surface area contributed by atoms with Gasteiger partial charge in [-0.2, -0.15) is 0 Å². The molecule has 0 spiro atoms. The van der Waals surface area contributed by atoms with Crippen LogP contribution in [0.5, 0.6) is 0 Å². The number of allylic oxidation sites excluding steroid dienone is 4. The van der Waals surface area contributed by atoms with Crippen molar-refractivity contribution in [1.29, 1.82) is 0 Å². The fraction of sp³-hybridized carbons (Fsp3) is 0.127. The molecule has 0 amide bonds. The molecule has 1 aliphatic rings. The van der Waals surface area contributed by atoms with Crippen LogP contribution in [0.3, 0.4) is 0 Å². The summed E-state index contributed by atoms with van der Waals surface area (Å²) in [5, 5.41) is 1.97. The number of hydrogen-bond donors (Lipinski definition) is 3. The van der Waals surface area contributed by atoms with E-state index < -0.39 is 23.3 Å². The first-order valence-corrected chi connectivity index (χ1v) is 26.1. The van der Waals surface area contributed by atoms with E-state index in [1.165, 1.54) is 49.3 Å². The monoisotopic (exact) mass is 1090 g/mol. The first kappa shape index (κ1) is 55.2. The molecule has 0 aliphatic heterocycles. The normalized spacial score (nSPS) is 13.7. The Bertz CT molecular complexity index is 4190. The lowest BCUT2D eigenvalue weighted by Gasteiger charge is -2.23. The third kappa shape index (κ3) is 11.0. The topological polar surface area (TPSA) is 194 Å². The van der Waals surface area contributed by atoms with Crippen molar-refractivity contribution in [3.8, 4) is 67.0 Å². The summed E-state index contributed by atoms with van der Waals surface area (Å²) in [7, 11) is 0. The molecule has 1 aliphatic carbocycles. The molecule has 6 N–H and O–H groups in total. The molecule has 2 atom stereocenters. The molecule has 0 saturated heterocycles. The number of fused-ring (bicyclic) bond motifs is 3. The molecule has 6 aromatic heterocycles. The molecule has 2 unspecified atom stereocenters. The van der Waals surface area contributed by atoms with E-state index in [2.05, 4.69) is 39.9 Å². The van der Waals surface area contributed by atoms with Crippen LogP contribution in [0.1, 0.15) is 51.8 Å². The van der Waals surface area contributed by atoms with Crippen LogP contribution in [0, 0.1) is 24.5 Å². The Labute approximate surface area is 464 Å². The Kier molecular flexibility index (Phi) is 16.6. The number of hydrogen-bond acceptors (Lipinski definition) is 12. The Morgan fingerprint density at radius 2 is 0.938 bits per heavy atom. The number of nitrogens with two attached hydrogens (primary N) is 3. The number of anilines is 3. The molecule has 5 aromatic carbocycles. The van der Waals surface area contributed by atoms with Crippen molar-refractivity contribution >= 4 is 61.8 Å². The van der Waals surface area contributed by atoms with E-state index in [1.54, 1.807) is 42.9 Å². The average Bonchev–Trinajstić information content (AvgIpc) is 3.49. The van der Waals surface area contributed by atoms with Gasteiger partial charge in [-0.25, -0.2) is 47.5 Å². The first-order valence-electron chi connectivity index (χ1n) is 25.7. The maximum Gasteiger partial charge on any atom is 0.155 e. The number of nitrogens with zero attached hydrogens (tertiary/aromatic N) is 9. The average molecular weight is 1090 g/mol. The molecule has 0 fully saturated rings. The number of aromatic nitrogens is 9. The van der Waals surface area contributed by atoms with Gasteiger partial charge in [0.15, 0.2) is 11.7 Å². The van der Waals surface area contributed by atoms with Crippen LogP contribution in [0.15, 0.2) is 177 Å². The summed E-state index contributed by atoms with van der Waals surface area (Å²) in [4.78, 5) is 39.4. The summed E-state index contributed by atoms with van der Waals surface area (Å²) in [6.07, 6.45) is 11.8. The van der Waals surface area contributed by atoms with E-state index in [9.17, 15) is 13.2 Å². The number of benzene rings is 5. The van der Waals surface area contributed by atoms with Gasteiger partial charge in [-0.3, -0.25) is 15.0 Å². The maximum atomic E-state index is 16.1. The second kappa shape index (κ2) is 24.0. The van der Waals surface area contributed by atoms with Gasteiger partial charge in [0.2, 0.25) is 0 Å². The van der Waals surface area contributed by atoms with Gasteiger partial charge in [0.25, 0.3) is 0 Å². The Morgan fingerprint density at radius 1 is 0.438 bits per heavy atom. The third-order valence-corrected chi connectivity index (χ3v) is 13.6. The van der Waals surface area contributed by atoms with E-state index in [0.29, 0.717) is 67.4 Å². The van der Waals surface area contributed by atoms with E-state index in [1.807, 2.05) is 114 Å². The number of rotatable bonds is 7. The van der Waals surface area contributed by atoms with Gasteiger partial charge in [-0.15, -0.1) is 0 Å².